The quantitative estimate of drug-likeness (QED) is 0.785. The van der Waals surface area contributed by atoms with E-state index in [9.17, 15) is 13.2 Å². The van der Waals surface area contributed by atoms with Gasteiger partial charge in [0, 0.05) is 6.04 Å². The van der Waals surface area contributed by atoms with Gasteiger partial charge in [0.1, 0.15) is 6.54 Å². The number of carbonyl (C=O) groups is 1. The van der Waals surface area contributed by atoms with E-state index in [0.29, 0.717) is 17.5 Å². The lowest BCUT2D eigenvalue weighted by molar-refractivity contribution is -0.120. The molecule has 2 bridgehead atoms. The minimum atomic E-state index is -3.85. The van der Waals surface area contributed by atoms with Crippen LogP contribution in [0.4, 0.5) is 5.69 Å². The Morgan fingerprint density at radius 3 is 2.41 bits per heavy atom. The highest BCUT2D eigenvalue weighted by atomic mass is 32.2. The molecule has 0 saturated heterocycles. The van der Waals surface area contributed by atoms with E-state index in [2.05, 4.69) is 5.32 Å². The molecule has 154 valence electrons. The molecule has 2 aliphatic rings. The average molecular weight is 413 g/mol. The number of carbonyl (C=O) groups excluding carboxylic acids is 1. The number of amides is 1. The van der Waals surface area contributed by atoms with Crippen LogP contribution in [-0.4, -0.2) is 26.9 Å². The Hall–Kier alpha value is -2.34. The van der Waals surface area contributed by atoms with Crippen LogP contribution >= 0.6 is 0 Å². The van der Waals surface area contributed by atoms with E-state index in [4.69, 9.17) is 0 Å². The highest BCUT2D eigenvalue weighted by Crippen LogP contribution is 2.44. The van der Waals surface area contributed by atoms with Gasteiger partial charge in [0.2, 0.25) is 5.91 Å². The van der Waals surface area contributed by atoms with Crippen molar-refractivity contribution in [2.45, 2.75) is 50.5 Å². The maximum absolute atomic E-state index is 13.4. The van der Waals surface area contributed by atoms with Crippen molar-refractivity contribution >= 4 is 21.6 Å². The van der Waals surface area contributed by atoms with Crippen LogP contribution in [0, 0.1) is 25.7 Å². The molecule has 0 aliphatic heterocycles. The molecule has 0 unspecified atom stereocenters. The average Bonchev–Trinajstić information content (AvgIpc) is 3.32. The molecule has 5 nitrogen and oxygen atoms in total. The molecule has 4 rings (SSSR count). The van der Waals surface area contributed by atoms with Crippen molar-refractivity contribution in [1.29, 1.82) is 0 Å². The Balaban J connectivity index is 1.61. The summed E-state index contributed by atoms with van der Waals surface area (Å²) in [7, 11) is -3.85. The summed E-state index contributed by atoms with van der Waals surface area (Å²) in [6, 6.07) is 14.0. The molecule has 0 aromatic heterocycles. The van der Waals surface area contributed by atoms with Crippen LogP contribution in [0.5, 0.6) is 0 Å². The van der Waals surface area contributed by atoms with E-state index >= 15 is 0 Å². The number of aryl methyl sites for hydroxylation is 2. The maximum atomic E-state index is 13.4. The van der Waals surface area contributed by atoms with Crippen LogP contribution in [0.2, 0.25) is 0 Å². The summed E-state index contributed by atoms with van der Waals surface area (Å²) in [6.45, 7) is 3.71. The van der Waals surface area contributed by atoms with Crippen LogP contribution in [0.15, 0.2) is 53.4 Å². The van der Waals surface area contributed by atoms with Gasteiger partial charge in [0.25, 0.3) is 10.0 Å². The Morgan fingerprint density at radius 2 is 1.79 bits per heavy atom. The zero-order valence-electron chi connectivity index (χ0n) is 17.0. The minimum absolute atomic E-state index is 0.183. The summed E-state index contributed by atoms with van der Waals surface area (Å²) in [6.07, 6.45) is 4.63. The first-order valence-electron chi connectivity index (χ1n) is 10.3. The van der Waals surface area contributed by atoms with Crippen molar-refractivity contribution in [1.82, 2.24) is 5.32 Å². The lowest BCUT2D eigenvalue weighted by atomic mass is 9.95. The number of nitrogens with zero attached hydrogens (tertiary/aromatic N) is 1. The summed E-state index contributed by atoms with van der Waals surface area (Å²) in [5, 5.41) is 3.12. The Labute approximate surface area is 173 Å². The molecule has 2 aromatic rings. The fourth-order valence-electron chi connectivity index (χ4n) is 4.72. The summed E-state index contributed by atoms with van der Waals surface area (Å²) in [4.78, 5) is 13.1. The first kappa shape index (κ1) is 20.0. The normalized spacial score (nSPS) is 23.2. The fraction of sp³-hybridized carbons (Fsp3) is 0.435. The number of hydrogen-bond acceptors (Lipinski definition) is 3. The predicted molar refractivity (Wildman–Crippen MR) is 114 cm³/mol. The summed E-state index contributed by atoms with van der Waals surface area (Å²) in [5.41, 5.74) is 2.58. The molecule has 0 spiro atoms. The van der Waals surface area contributed by atoms with E-state index in [1.807, 2.05) is 26.0 Å². The smallest absolute Gasteiger partial charge is 0.264 e. The second kappa shape index (κ2) is 7.82. The number of rotatable bonds is 6. The van der Waals surface area contributed by atoms with Gasteiger partial charge in [-0.15, -0.1) is 0 Å². The molecule has 3 atom stereocenters. The third-order valence-corrected chi connectivity index (χ3v) is 8.27. The van der Waals surface area contributed by atoms with E-state index < -0.39 is 10.0 Å². The largest absolute Gasteiger partial charge is 0.352 e. The van der Waals surface area contributed by atoms with Gasteiger partial charge < -0.3 is 5.32 Å². The monoisotopic (exact) mass is 412 g/mol. The fourth-order valence-corrected chi connectivity index (χ4v) is 6.15. The van der Waals surface area contributed by atoms with Crippen molar-refractivity contribution in [3.8, 4) is 0 Å². The lowest BCUT2D eigenvalue weighted by Crippen LogP contribution is -2.46. The number of fused-ring (bicyclic) bond motifs is 2. The zero-order chi connectivity index (χ0) is 20.6. The van der Waals surface area contributed by atoms with Gasteiger partial charge >= 0.3 is 0 Å². The van der Waals surface area contributed by atoms with Gasteiger partial charge in [-0.3, -0.25) is 9.10 Å². The van der Waals surface area contributed by atoms with Crippen LogP contribution in [0.3, 0.4) is 0 Å². The van der Waals surface area contributed by atoms with Gasteiger partial charge in [0.15, 0.2) is 0 Å². The number of benzene rings is 2. The van der Waals surface area contributed by atoms with Gasteiger partial charge in [-0.1, -0.05) is 30.7 Å². The molecular formula is C23H28N2O3S. The van der Waals surface area contributed by atoms with Crippen molar-refractivity contribution in [3.63, 3.8) is 0 Å². The molecule has 1 N–H and O–H groups in total. The molecule has 29 heavy (non-hydrogen) atoms. The molecule has 1 amide bonds. The van der Waals surface area contributed by atoms with Crippen LogP contribution in [0.25, 0.3) is 0 Å². The molecule has 2 saturated carbocycles. The van der Waals surface area contributed by atoms with Crippen molar-refractivity contribution in [2.24, 2.45) is 11.8 Å². The Morgan fingerprint density at radius 1 is 1.03 bits per heavy atom. The molecular weight excluding hydrogens is 384 g/mol. The van der Waals surface area contributed by atoms with Crippen molar-refractivity contribution in [2.75, 3.05) is 10.8 Å². The van der Waals surface area contributed by atoms with Crippen LogP contribution in [0.1, 0.15) is 36.8 Å². The molecule has 6 heteroatoms. The topological polar surface area (TPSA) is 66.5 Å². The lowest BCUT2D eigenvalue weighted by Gasteiger charge is -2.27. The maximum Gasteiger partial charge on any atom is 0.264 e. The summed E-state index contributed by atoms with van der Waals surface area (Å²) in [5.74, 6) is 1.03. The van der Waals surface area contributed by atoms with Gasteiger partial charge in [-0.2, -0.15) is 0 Å². The molecule has 2 aromatic carbocycles. The zero-order valence-corrected chi connectivity index (χ0v) is 17.8. The molecule has 2 aliphatic carbocycles. The van der Waals surface area contributed by atoms with Gasteiger partial charge in [-0.25, -0.2) is 8.42 Å². The second-order valence-corrected chi connectivity index (χ2v) is 10.3. The van der Waals surface area contributed by atoms with Crippen molar-refractivity contribution < 1.29 is 13.2 Å². The minimum Gasteiger partial charge on any atom is -0.352 e. The first-order chi connectivity index (χ1) is 13.8. The van der Waals surface area contributed by atoms with Gasteiger partial charge in [-0.05, 0) is 80.3 Å². The van der Waals surface area contributed by atoms with E-state index in [1.165, 1.54) is 23.6 Å². The second-order valence-electron chi connectivity index (χ2n) is 8.44. The molecule has 0 radical (unpaired) electrons. The first-order valence-corrected chi connectivity index (χ1v) is 11.7. The van der Waals surface area contributed by atoms with E-state index in [0.717, 1.165) is 17.5 Å². The summed E-state index contributed by atoms with van der Waals surface area (Å²) >= 11 is 0. The standard InChI is InChI=1S/C23H28N2O3S/c1-16-8-11-20(12-17(16)2)25(29(27,28)21-6-4-3-5-7-21)15-23(26)24-22-14-18-9-10-19(22)13-18/h3-8,11-12,18-19,22H,9-10,13-15H2,1-2H3,(H,24,26)/t18-,19+,22+/m0/s1. The molecule has 2 fully saturated rings. The van der Waals surface area contributed by atoms with Crippen LogP contribution in [-0.2, 0) is 14.8 Å². The van der Waals surface area contributed by atoms with E-state index in [-0.39, 0.29) is 23.4 Å². The number of hydrogen-bond donors (Lipinski definition) is 1. The third kappa shape index (κ3) is 4.04. The Bertz CT molecular complexity index is 1000. The number of sulfonamides is 1. The third-order valence-electron chi connectivity index (χ3n) is 6.48. The number of nitrogens with one attached hydrogen (secondary N) is 1. The van der Waals surface area contributed by atoms with Gasteiger partial charge in [0.05, 0.1) is 10.6 Å². The SMILES string of the molecule is Cc1ccc(N(CC(=O)N[C@@H]2C[C@H]3CC[C@@H]2C3)S(=O)(=O)c2ccccc2)cc1C. The summed E-state index contributed by atoms with van der Waals surface area (Å²) < 4.78 is 28.0. The van der Waals surface area contributed by atoms with Crippen LogP contribution < -0.4 is 9.62 Å². The molecule has 0 heterocycles. The highest BCUT2D eigenvalue weighted by molar-refractivity contribution is 7.92. The van der Waals surface area contributed by atoms with Crippen molar-refractivity contribution in [3.05, 3.63) is 59.7 Å². The highest BCUT2D eigenvalue weighted by Gasteiger charge is 2.40. The van der Waals surface area contributed by atoms with E-state index in [1.54, 1.807) is 36.4 Å². The predicted octanol–water partition coefficient (Wildman–Crippen LogP) is 3.80. The Kier molecular flexibility index (Phi) is 5.38. The number of anilines is 1.